The predicted octanol–water partition coefficient (Wildman–Crippen LogP) is 2.64. The van der Waals surface area contributed by atoms with Gasteiger partial charge in [-0.1, -0.05) is 0 Å². The molecular weight excluding hydrogens is 285 g/mol. The number of cyclic esters (lactones) is 1. The van der Waals surface area contributed by atoms with Crippen LogP contribution in [-0.2, 0) is 10.9 Å². The van der Waals surface area contributed by atoms with Crippen molar-refractivity contribution in [3.63, 3.8) is 0 Å². The first-order chi connectivity index (χ1) is 9.95. The summed E-state index contributed by atoms with van der Waals surface area (Å²) >= 11 is 0. The standard InChI is InChI=1S/C14H15F3N2O2/c15-14(16,17)10-1-3-11(4-2-10)19-8-12(21-13(19)20)9-5-6-18-7-9/h1-4,9,12,18H,5-8H2. The molecule has 2 aliphatic rings. The van der Waals surface area contributed by atoms with E-state index in [1.807, 2.05) is 0 Å². The molecule has 2 aliphatic heterocycles. The van der Waals surface area contributed by atoms with E-state index < -0.39 is 17.8 Å². The van der Waals surface area contributed by atoms with Crippen LogP contribution < -0.4 is 10.2 Å². The Hall–Kier alpha value is -1.76. The van der Waals surface area contributed by atoms with E-state index in [1.165, 1.54) is 17.0 Å². The highest BCUT2D eigenvalue weighted by Gasteiger charge is 2.38. The van der Waals surface area contributed by atoms with Crippen LogP contribution in [0.1, 0.15) is 12.0 Å². The minimum absolute atomic E-state index is 0.199. The maximum absolute atomic E-state index is 12.5. The Kier molecular flexibility index (Phi) is 3.52. The number of hydrogen-bond donors (Lipinski definition) is 1. The van der Waals surface area contributed by atoms with Crippen molar-refractivity contribution in [2.75, 3.05) is 24.5 Å². The van der Waals surface area contributed by atoms with Crippen LogP contribution in [0.15, 0.2) is 24.3 Å². The first-order valence-corrected chi connectivity index (χ1v) is 6.81. The summed E-state index contributed by atoms with van der Waals surface area (Å²) in [7, 11) is 0. The molecule has 0 aromatic heterocycles. The first-order valence-electron chi connectivity index (χ1n) is 6.81. The summed E-state index contributed by atoms with van der Waals surface area (Å²) in [5, 5.41) is 3.21. The molecule has 2 atom stereocenters. The summed E-state index contributed by atoms with van der Waals surface area (Å²) in [6, 6.07) is 4.57. The number of hydrogen-bond acceptors (Lipinski definition) is 3. The molecule has 1 amide bonds. The van der Waals surface area contributed by atoms with Crippen LogP contribution in [0.2, 0.25) is 0 Å². The van der Waals surface area contributed by atoms with Crippen molar-refractivity contribution < 1.29 is 22.7 Å². The third-order valence-electron chi connectivity index (χ3n) is 3.97. The van der Waals surface area contributed by atoms with Crippen molar-refractivity contribution in [2.45, 2.75) is 18.7 Å². The second-order valence-corrected chi connectivity index (χ2v) is 5.33. The van der Waals surface area contributed by atoms with Gasteiger partial charge in [-0.05, 0) is 37.2 Å². The Balaban J connectivity index is 1.73. The van der Waals surface area contributed by atoms with Crippen LogP contribution in [0.25, 0.3) is 0 Å². The van der Waals surface area contributed by atoms with E-state index in [9.17, 15) is 18.0 Å². The van der Waals surface area contributed by atoms with Gasteiger partial charge in [0.25, 0.3) is 0 Å². The van der Waals surface area contributed by atoms with Crippen molar-refractivity contribution >= 4 is 11.8 Å². The summed E-state index contributed by atoms with van der Waals surface area (Å²) in [4.78, 5) is 13.3. The van der Waals surface area contributed by atoms with Crippen molar-refractivity contribution in [1.82, 2.24) is 5.32 Å². The lowest BCUT2D eigenvalue weighted by Gasteiger charge is -2.16. The van der Waals surface area contributed by atoms with E-state index in [0.717, 1.165) is 31.6 Å². The minimum atomic E-state index is -4.37. The highest BCUT2D eigenvalue weighted by Crippen LogP contribution is 2.32. The van der Waals surface area contributed by atoms with Crippen LogP contribution in [-0.4, -0.2) is 31.8 Å². The highest BCUT2D eigenvalue weighted by molar-refractivity contribution is 5.89. The number of rotatable bonds is 2. The molecular formula is C14H15F3N2O2. The Labute approximate surface area is 119 Å². The van der Waals surface area contributed by atoms with E-state index in [0.29, 0.717) is 12.2 Å². The van der Waals surface area contributed by atoms with Crippen molar-refractivity contribution in [1.29, 1.82) is 0 Å². The van der Waals surface area contributed by atoms with Crippen LogP contribution in [0.5, 0.6) is 0 Å². The van der Waals surface area contributed by atoms with Gasteiger partial charge in [-0.3, -0.25) is 4.90 Å². The normalized spacial score (nSPS) is 26.2. The van der Waals surface area contributed by atoms with Crippen LogP contribution in [0.3, 0.4) is 0 Å². The van der Waals surface area contributed by atoms with E-state index >= 15 is 0 Å². The van der Waals surface area contributed by atoms with Crippen LogP contribution in [0, 0.1) is 5.92 Å². The third kappa shape index (κ3) is 2.83. The van der Waals surface area contributed by atoms with E-state index in [4.69, 9.17) is 4.74 Å². The molecule has 0 radical (unpaired) electrons. The Morgan fingerprint density at radius 3 is 2.52 bits per heavy atom. The van der Waals surface area contributed by atoms with Gasteiger partial charge in [0, 0.05) is 18.2 Å². The summed E-state index contributed by atoms with van der Waals surface area (Å²) in [5.41, 5.74) is -0.295. The summed E-state index contributed by atoms with van der Waals surface area (Å²) < 4.78 is 42.9. The number of halogens is 3. The Morgan fingerprint density at radius 1 is 1.24 bits per heavy atom. The molecule has 2 unspecified atom stereocenters. The lowest BCUT2D eigenvalue weighted by molar-refractivity contribution is -0.137. The number of nitrogens with one attached hydrogen (secondary N) is 1. The quantitative estimate of drug-likeness (QED) is 0.913. The largest absolute Gasteiger partial charge is 0.444 e. The molecule has 4 nitrogen and oxygen atoms in total. The highest BCUT2D eigenvalue weighted by atomic mass is 19.4. The molecule has 3 rings (SSSR count). The molecule has 0 aliphatic carbocycles. The maximum atomic E-state index is 12.5. The van der Waals surface area contributed by atoms with Gasteiger partial charge >= 0.3 is 12.3 Å². The van der Waals surface area contributed by atoms with Crippen LogP contribution >= 0.6 is 0 Å². The molecule has 2 heterocycles. The summed E-state index contributed by atoms with van der Waals surface area (Å²) in [5.74, 6) is 0.272. The SMILES string of the molecule is O=C1OC(C2CCNC2)CN1c1ccc(C(F)(F)F)cc1. The molecule has 2 saturated heterocycles. The van der Waals surface area contributed by atoms with Gasteiger partial charge in [0.2, 0.25) is 0 Å². The zero-order valence-corrected chi connectivity index (χ0v) is 11.2. The molecule has 0 bridgehead atoms. The van der Waals surface area contributed by atoms with E-state index in [-0.39, 0.29) is 12.0 Å². The number of alkyl halides is 3. The molecule has 1 N–H and O–H groups in total. The Bertz CT molecular complexity index is 524. The van der Waals surface area contributed by atoms with Gasteiger partial charge in [0.1, 0.15) is 6.10 Å². The van der Waals surface area contributed by atoms with Crippen molar-refractivity contribution in [2.24, 2.45) is 5.92 Å². The van der Waals surface area contributed by atoms with Gasteiger partial charge in [-0.25, -0.2) is 4.79 Å². The number of carbonyl (C=O) groups excluding carboxylic acids is 1. The Morgan fingerprint density at radius 2 is 1.95 bits per heavy atom. The number of amides is 1. The topological polar surface area (TPSA) is 41.6 Å². The smallest absolute Gasteiger partial charge is 0.416 e. The molecule has 114 valence electrons. The maximum Gasteiger partial charge on any atom is 0.416 e. The molecule has 1 aromatic rings. The number of carbonyl (C=O) groups is 1. The number of ether oxygens (including phenoxy) is 1. The fraction of sp³-hybridized carbons (Fsp3) is 0.500. The summed E-state index contributed by atoms with van der Waals surface area (Å²) in [6.07, 6.45) is -4.12. The predicted molar refractivity (Wildman–Crippen MR) is 70.0 cm³/mol. The lowest BCUT2D eigenvalue weighted by Crippen LogP contribution is -2.28. The molecule has 7 heteroatoms. The fourth-order valence-corrected chi connectivity index (χ4v) is 2.77. The summed E-state index contributed by atoms with van der Waals surface area (Å²) in [6.45, 7) is 2.09. The van der Waals surface area contributed by atoms with E-state index in [1.54, 1.807) is 0 Å². The van der Waals surface area contributed by atoms with Gasteiger partial charge in [-0.2, -0.15) is 13.2 Å². The average Bonchev–Trinajstić information content (AvgIpc) is 3.07. The van der Waals surface area contributed by atoms with Crippen molar-refractivity contribution in [3.8, 4) is 0 Å². The zero-order chi connectivity index (χ0) is 15.0. The fourth-order valence-electron chi connectivity index (χ4n) is 2.77. The minimum Gasteiger partial charge on any atom is -0.444 e. The average molecular weight is 300 g/mol. The number of benzene rings is 1. The van der Waals surface area contributed by atoms with Gasteiger partial charge < -0.3 is 10.1 Å². The number of anilines is 1. The van der Waals surface area contributed by atoms with Gasteiger partial charge in [0.05, 0.1) is 12.1 Å². The van der Waals surface area contributed by atoms with Crippen molar-refractivity contribution in [3.05, 3.63) is 29.8 Å². The molecule has 2 fully saturated rings. The zero-order valence-electron chi connectivity index (χ0n) is 11.2. The van der Waals surface area contributed by atoms with Crippen LogP contribution in [0.4, 0.5) is 23.7 Å². The second-order valence-electron chi connectivity index (χ2n) is 5.33. The molecule has 1 aromatic carbocycles. The molecule has 0 saturated carbocycles. The van der Waals surface area contributed by atoms with E-state index in [2.05, 4.69) is 5.32 Å². The van der Waals surface area contributed by atoms with Gasteiger partial charge in [0.15, 0.2) is 0 Å². The molecule has 21 heavy (non-hydrogen) atoms. The third-order valence-corrected chi connectivity index (χ3v) is 3.97. The monoisotopic (exact) mass is 300 g/mol. The first kappa shape index (κ1) is 14.2. The molecule has 0 spiro atoms. The van der Waals surface area contributed by atoms with Gasteiger partial charge in [-0.15, -0.1) is 0 Å². The number of nitrogens with zero attached hydrogens (tertiary/aromatic N) is 1. The lowest BCUT2D eigenvalue weighted by atomic mass is 10.0. The second kappa shape index (κ2) is 5.22.